The van der Waals surface area contributed by atoms with Crippen molar-refractivity contribution < 1.29 is 9.32 Å². The van der Waals surface area contributed by atoms with Crippen molar-refractivity contribution >= 4 is 17.4 Å². The van der Waals surface area contributed by atoms with Gasteiger partial charge in [-0.2, -0.15) is 0 Å². The predicted octanol–water partition coefficient (Wildman–Crippen LogP) is 0.0572. The Labute approximate surface area is 95.8 Å². The van der Waals surface area contributed by atoms with E-state index in [0.29, 0.717) is 11.5 Å². The van der Waals surface area contributed by atoms with E-state index in [4.69, 9.17) is 5.73 Å². The fourth-order valence-electron chi connectivity index (χ4n) is 1.29. The summed E-state index contributed by atoms with van der Waals surface area (Å²) in [5.74, 6) is -0.0847. The maximum atomic E-state index is 11.6. The van der Waals surface area contributed by atoms with Gasteiger partial charge in [-0.25, -0.2) is 0 Å². The van der Waals surface area contributed by atoms with Crippen LogP contribution >= 0.6 is 0 Å². The summed E-state index contributed by atoms with van der Waals surface area (Å²) in [5, 5.41) is 5.99. The molecule has 2 aromatic heterocycles. The number of carbonyl (C=O) groups is 1. The number of hydrogen-bond donors (Lipinski definition) is 2. The zero-order valence-corrected chi connectivity index (χ0v) is 8.79. The summed E-state index contributed by atoms with van der Waals surface area (Å²) in [6.07, 6.45) is 2.74. The van der Waals surface area contributed by atoms with E-state index in [0.717, 1.165) is 0 Å². The summed E-state index contributed by atoms with van der Waals surface area (Å²) in [4.78, 5) is 23.0. The lowest BCUT2D eigenvalue weighted by Crippen LogP contribution is -2.27. The van der Waals surface area contributed by atoms with Crippen molar-refractivity contribution in [2.24, 2.45) is 0 Å². The van der Waals surface area contributed by atoms with E-state index in [2.05, 4.69) is 15.0 Å². The third-order valence-electron chi connectivity index (χ3n) is 2.03. The van der Waals surface area contributed by atoms with E-state index in [1.54, 1.807) is 0 Å². The number of rotatable bonds is 3. The summed E-state index contributed by atoms with van der Waals surface area (Å²) in [7, 11) is 0. The van der Waals surface area contributed by atoms with Gasteiger partial charge in [-0.1, -0.05) is 5.16 Å². The van der Waals surface area contributed by atoms with Crippen LogP contribution < -0.4 is 16.6 Å². The molecule has 0 atom stereocenters. The Morgan fingerprint density at radius 2 is 2.29 bits per heavy atom. The lowest BCUT2D eigenvalue weighted by atomic mass is 10.4. The van der Waals surface area contributed by atoms with Gasteiger partial charge in [0.15, 0.2) is 5.82 Å². The van der Waals surface area contributed by atoms with Gasteiger partial charge in [0, 0.05) is 24.0 Å². The molecule has 7 nitrogen and oxygen atoms in total. The summed E-state index contributed by atoms with van der Waals surface area (Å²) in [6.45, 7) is -0.128. The smallest absolute Gasteiger partial charge is 0.251 e. The van der Waals surface area contributed by atoms with Crippen LogP contribution in [0.2, 0.25) is 0 Å². The highest BCUT2D eigenvalue weighted by Gasteiger charge is 2.06. The van der Waals surface area contributed by atoms with Crippen molar-refractivity contribution in [3.63, 3.8) is 0 Å². The van der Waals surface area contributed by atoms with Crippen LogP contribution in [0.1, 0.15) is 0 Å². The van der Waals surface area contributed by atoms with Crippen molar-refractivity contribution in [1.29, 1.82) is 0 Å². The third kappa shape index (κ3) is 2.71. The summed E-state index contributed by atoms with van der Waals surface area (Å²) < 4.78 is 5.77. The largest absolute Gasteiger partial charge is 0.398 e. The molecule has 0 aromatic carbocycles. The number of nitrogens with one attached hydrogen (secondary N) is 1. The second kappa shape index (κ2) is 4.52. The van der Waals surface area contributed by atoms with Crippen LogP contribution in [0.3, 0.4) is 0 Å². The maximum Gasteiger partial charge on any atom is 0.251 e. The Morgan fingerprint density at radius 1 is 1.47 bits per heavy atom. The minimum atomic E-state index is -0.383. The Morgan fingerprint density at radius 3 is 3.00 bits per heavy atom. The lowest BCUT2D eigenvalue weighted by molar-refractivity contribution is -0.116. The zero-order valence-electron chi connectivity index (χ0n) is 8.79. The van der Waals surface area contributed by atoms with Crippen LogP contribution in [-0.4, -0.2) is 15.6 Å². The first-order valence-electron chi connectivity index (χ1n) is 4.81. The molecular formula is C10H10N4O3. The highest BCUT2D eigenvalue weighted by atomic mass is 16.5. The van der Waals surface area contributed by atoms with Gasteiger partial charge in [-0.15, -0.1) is 0 Å². The monoisotopic (exact) mass is 234 g/mol. The van der Waals surface area contributed by atoms with E-state index < -0.39 is 0 Å². The molecule has 0 aliphatic carbocycles. The quantitative estimate of drug-likeness (QED) is 0.781. The van der Waals surface area contributed by atoms with Crippen LogP contribution in [0, 0.1) is 0 Å². The van der Waals surface area contributed by atoms with Gasteiger partial charge in [0.25, 0.3) is 5.56 Å². The topological polar surface area (TPSA) is 103 Å². The molecule has 1 amide bonds. The van der Waals surface area contributed by atoms with Gasteiger partial charge in [-0.3, -0.25) is 9.59 Å². The molecule has 17 heavy (non-hydrogen) atoms. The minimum absolute atomic E-state index is 0.128. The number of nitrogens with zero attached hydrogens (tertiary/aromatic N) is 2. The predicted molar refractivity (Wildman–Crippen MR) is 60.2 cm³/mol. The number of nitrogens with two attached hydrogens (primary N) is 1. The van der Waals surface area contributed by atoms with Gasteiger partial charge in [0.1, 0.15) is 12.8 Å². The zero-order chi connectivity index (χ0) is 12.3. The number of carbonyl (C=O) groups excluding carboxylic acids is 1. The number of aromatic nitrogens is 2. The van der Waals surface area contributed by atoms with E-state index in [-0.39, 0.29) is 18.0 Å². The molecule has 0 bridgehead atoms. The number of anilines is 2. The van der Waals surface area contributed by atoms with Crippen LogP contribution in [0.15, 0.2) is 40.0 Å². The average Bonchev–Trinajstić information content (AvgIpc) is 2.76. The van der Waals surface area contributed by atoms with Gasteiger partial charge in [0.05, 0.1) is 0 Å². The van der Waals surface area contributed by atoms with Gasteiger partial charge < -0.3 is 20.1 Å². The summed E-state index contributed by atoms with van der Waals surface area (Å²) in [6, 6.07) is 4.28. The summed E-state index contributed by atoms with van der Waals surface area (Å²) >= 11 is 0. The number of nitrogen functional groups attached to an aromatic ring is 1. The maximum absolute atomic E-state index is 11.6. The number of amides is 1. The molecule has 0 radical (unpaired) electrons. The molecule has 2 heterocycles. The molecule has 0 saturated heterocycles. The first kappa shape index (κ1) is 10.9. The molecule has 3 N–H and O–H groups in total. The van der Waals surface area contributed by atoms with E-state index >= 15 is 0 Å². The second-order valence-electron chi connectivity index (χ2n) is 3.36. The highest BCUT2D eigenvalue weighted by Crippen LogP contribution is 2.01. The molecule has 0 aliphatic rings. The molecular weight excluding hydrogens is 224 g/mol. The molecule has 2 aromatic rings. The van der Waals surface area contributed by atoms with Crippen molar-refractivity contribution in [3.8, 4) is 0 Å². The Kier molecular flexibility index (Phi) is 2.91. The fourth-order valence-corrected chi connectivity index (χ4v) is 1.29. The molecule has 0 fully saturated rings. The SMILES string of the molecule is Nc1ccc(=O)n(CC(=O)Nc2ccon2)c1. The van der Waals surface area contributed by atoms with Gasteiger partial charge in [0.2, 0.25) is 5.91 Å². The van der Waals surface area contributed by atoms with Gasteiger partial charge in [-0.05, 0) is 6.07 Å². The summed E-state index contributed by atoms with van der Waals surface area (Å²) in [5.41, 5.74) is 5.64. The molecule has 0 spiro atoms. The molecule has 0 saturated carbocycles. The van der Waals surface area contributed by atoms with Crippen molar-refractivity contribution in [3.05, 3.63) is 41.0 Å². The first-order valence-corrected chi connectivity index (χ1v) is 4.81. The molecule has 2 rings (SSSR count). The van der Waals surface area contributed by atoms with Crippen molar-refractivity contribution in [1.82, 2.24) is 9.72 Å². The third-order valence-corrected chi connectivity index (χ3v) is 2.03. The van der Waals surface area contributed by atoms with Crippen molar-refractivity contribution in [2.75, 3.05) is 11.1 Å². The number of hydrogen-bond acceptors (Lipinski definition) is 5. The first-order chi connectivity index (χ1) is 8.15. The molecule has 0 unspecified atom stereocenters. The van der Waals surface area contributed by atoms with Crippen LogP contribution in [-0.2, 0) is 11.3 Å². The Hall–Kier alpha value is -2.57. The van der Waals surface area contributed by atoms with E-state index in [9.17, 15) is 9.59 Å². The Bertz CT molecular complexity index is 573. The van der Waals surface area contributed by atoms with Crippen LogP contribution in [0.25, 0.3) is 0 Å². The average molecular weight is 234 g/mol. The Balaban J connectivity index is 2.08. The normalized spacial score (nSPS) is 10.1. The van der Waals surface area contributed by atoms with E-state index in [1.165, 1.54) is 35.2 Å². The van der Waals surface area contributed by atoms with Crippen LogP contribution in [0.5, 0.6) is 0 Å². The van der Waals surface area contributed by atoms with Gasteiger partial charge >= 0.3 is 0 Å². The standard InChI is InChI=1S/C10H10N4O3/c11-7-1-2-10(16)14(5-7)6-9(15)12-8-3-4-17-13-8/h1-5H,6,11H2,(H,12,13,15). The fraction of sp³-hybridized carbons (Fsp3) is 0.100. The highest BCUT2D eigenvalue weighted by molar-refractivity contribution is 5.89. The van der Waals surface area contributed by atoms with Crippen LogP contribution in [0.4, 0.5) is 11.5 Å². The minimum Gasteiger partial charge on any atom is -0.398 e. The van der Waals surface area contributed by atoms with E-state index in [1.807, 2.05) is 0 Å². The molecule has 88 valence electrons. The lowest BCUT2D eigenvalue weighted by Gasteiger charge is -2.05. The second-order valence-corrected chi connectivity index (χ2v) is 3.36. The van der Waals surface area contributed by atoms with Crippen molar-refractivity contribution in [2.45, 2.75) is 6.54 Å². The number of pyridine rings is 1. The molecule has 7 heteroatoms. The molecule has 0 aliphatic heterocycles.